The van der Waals surface area contributed by atoms with Crippen LogP contribution in [0.5, 0.6) is 5.75 Å². The second-order valence-corrected chi connectivity index (χ2v) is 8.85. The fourth-order valence-electron chi connectivity index (χ4n) is 4.91. The SMILES string of the molecule is CN(c1ncc(-c2ccc(-n3ccnc3)cc2O)nn1)[C@@H]1C[C@@]2(C)CCCC(N2)[C@H]1F. The van der Waals surface area contributed by atoms with Crippen molar-refractivity contribution in [2.45, 2.75) is 56.4 Å². The van der Waals surface area contributed by atoms with E-state index >= 15 is 4.39 Å². The number of alkyl halides is 1. The minimum atomic E-state index is -0.985. The van der Waals surface area contributed by atoms with Gasteiger partial charge in [-0.25, -0.2) is 14.4 Å². The molecule has 2 bridgehead atoms. The summed E-state index contributed by atoms with van der Waals surface area (Å²) in [6.07, 6.45) is 9.38. The highest BCUT2D eigenvalue weighted by Crippen LogP contribution is 2.38. The Morgan fingerprint density at radius 2 is 2.19 bits per heavy atom. The fraction of sp³-hybridized carbons (Fsp3) is 0.455. The Morgan fingerprint density at radius 1 is 1.32 bits per heavy atom. The third-order valence-corrected chi connectivity index (χ3v) is 6.61. The molecule has 2 saturated heterocycles. The van der Waals surface area contributed by atoms with Gasteiger partial charge < -0.3 is 19.9 Å². The number of imidazole rings is 1. The number of benzene rings is 1. The van der Waals surface area contributed by atoms with E-state index in [1.54, 1.807) is 46.5 Å². The predicted octanol–water partition coefficient (Wildman–Crippen LogP) is 2.88. The average molecular weight is 423 g/mol. The molecule has 4 atom stereocenters. The van der Waals surface area contributed by atoms with Gasteiger partial charge in [-0.05, 0) is 44.7 Å². The highest BCUT2D eigenvalue weighted by Gasteiger charge is 2.47. The van der Waals surface area contributed by atoms with Crippen molar-refractivity contribution in [1.29, 1.82) is 0 Å². The highest BCUT2D eigenvalue weighted by atomic mass is 19.1. The van der Waals surface area contributed by atoms with Crippen LogP contribution in [0.2, 0.25) is 0 Å². The van der Waals surface area contributed by atoms with Gasteiger partial charge in [0.2, 0.25) is 5.95 Å². The van der Waals surface area contributed by atoms with Crippen molar-refractivity contribution in [2.75, 3.05) is 11.9 Å². The Bertz CT molecular complexity index is 1060. The number of phenols is 1. The van der Waals surface area contributed by atoms with Gasteiger partial charge in [0.25, 0.3) is 0 Å². The van der Waals surface area contributed by atoms with Crippen molar-refractivity contribution in [2.24, 2.45) is 0 Å². The van der Waals surface area contributed by atoms with Gasteiger partial charge in [-0.2, -0.15) is 0 Å². The molecule has 0 aliphatic carbocycles. The Labute approximate surface area is 180 Å². The summed E-state index contributed by atoms with van der Waals surface area (Å²) in [5.74, 6) is 0.459. The van der Waals surface area contributed by atoms with Crippen molar-refractivity contribution in [3.63, 3.8) is 0 Å². The minimum Gasteiger partial charge on any atom is -0.507 e. The molecule has 5 rings (SSSR count). The monoisotopic (exact) mass is 423 g/mol. The summed E-state index contributed by atoms with van der Waals surface area (Å²) in [5.41, 5.74) is 1.72. The number of aromatic nitrogens is 5. The van der Waals surface area contributed by atoms with E-state index in [0.29, 0.717) is 23.6 Å². The molecule has 8 nitrogen and oxygen atoms in total. The molecule has 0 amide bonds. The summed E-state index contributed by atoms with van der Waals surface area (Å²) in [6, 6.07) is 4.85. The Morgan fingerprint density at radius 3 is 2.90 bits per heavy atom. The number of nitrogens with one attached hydrogen (secondary N) is 1. The molecular formula is C22H26FN7O. The number of piperidine rings is 2. The first-order valence-electron chi connectivity index (χ1n) is 10.6. The summed E-state index contributed by atoms with van der Waals surface area (Å²) >= 11 is 0. The van der Waals surface area contributed by atoms with Crippen molar-refractivity contribution in [1.82, 2.24) is 30.0 Å². The molecular weight excluding hydrogens is 397 g/mol. The topological polar surface area (TPSA) is 92.0 Å². The lowest BCUT2D eigenvalue weighted by Gasteiger charge is -2.51. The number of hydrogen-bond acceptors (Lipinski definition) is 7. The third kappa shape index (κ3) is 3.63. The van der Waals surface area contributed by atoms with Gasteiger partial charge >= 0.3 is 0 Å². The van der Waals surface area contributed by atoms with Crippen LogP contribution in [-0.4, -0.2) is 60.7 Å². The zero-order chi connectivity index (χ0) is 21.6. The van der Waals surface area contributed by atoms with E-state index in [0.717, 1.165) is 24.9 Å². The van der Waals surface area contributed by atoms with Gasteiger partial charge in [0.1, 0.15) is 17.6 Å². The van der Waals surface area contributed by atoms with E-state index in [2.05, 4.69) is 32.4 Å². The average Bonchev–Trinajstić information content (AvgIpc) is 3.31. The molecule has 4 heterocycles. The van der Waals surface area contributed by atoms with E-state index in [1.807, 2.05) is 13.1 Å². The number of hydrogen-bond donors (Lipinski definition) is 2. The summed E-state index contributed by atoms with van der Waals surface area (Å²) in [4.78, 5) is 10.3. The molecule has 2 N–H and O–H groups in total. The quantitative estimate of drug-likeness (QED) is 0.667. The molecule has 0 spiro atoms. The van der Waals surface area contributed by atoms with Gasteiger partial charge in [0, 0.05) is 42.7 Å². The van der Waals surface area contributed by atoms with Gasteiger partial charge in [0.05, 0.1) is 24.3 Å². The van der Waals surface area contributed by atoms with Crippen molar-refractivity contribution < 1.29 is 9.50 Å². The summed E-state index contributed by atoms with van der Waals surface area (Å²) in [7, 11) is 1.83. The van der Waals surface area contributed by atoms with Crippen LogP contribution in [0.1, 0.15) is 32.6 Å². The number of fused-ring (bicyclic) bond motifs is 2. The molecule has 0 saturated carbocycles. The Hall–Kier alpha value is -3.07. The lowest BCUT2D eigenvalue weighted by molar-refractivity contribution is 0.0605. The zero-order valence-corrected chi connectivity index (χ0v) is 17.6. The second kappa shape index (κ2) is 7.56. The van der Waals surface area contributed by atoms with Crippen LogP contribution >= 0.6 is 0 Å². The molecule has 31 heavy (non-hydrogen) atoms. The van der Waals surface area contributed by atoms with E-state index < -0.39 is 6.17 Å². The maximum Gasteiger partial charge on any atom is 0.245 e. The van der Waals surface area contributed by atoms with Crippen LogP contribution in [0, 0.1) is 0 Å². The maximum absolute atomic E-state index is 15.2. The number of nitrogens with zero attached hydrogens (tertiary/aromatic N) is 6. The molecule has 0 radical (unpaired) electrons. The molecule has 2 aromatic heterocycles. The first-order valence-corrected chi connectivity index (χ1v) is 10.6. The standard InChI is InChI=1S/C22H26FN7O/c1-22-7-3-4-16(26-22)20(23)18(11-22)29(2)21-25-12-17(27-28-21)15-6-5-14(10-19(15)31)30-9-8-24-13-30/h5-6,8-10,12-13,16,18,20,26,31H,3-4,7,11H2,1-2H3/t16?,18-,20-,22-/m1/s1. The predicted molar refractivity (Wildman–Crippen MR) is 115 cm³/mol. The zero-order valence-electron chi connectivity index (χ0n) is 17.6. The molecule has 9 heteroatoms. The van der Waals surface area contributed by atoms with Gasteiger partial charge in [-0.15, -0.1) is 10.2 Å². The van der Waals surface area contributed by atoms with Crippen molar-refractivity contribution in [3.05, 3.63) is 43.1 Å². The van der Waals surface area contributed by atoms with Crippen LogP contribution < -0.4 is 10.2 Å². The normalized spacial score (nSPS) is 27.8. The summed E-state index contributed by atoms with van der Waals surface area (Å²) in [6.45, 7) is 2.17. The maximum atomic E-state index is 15.2. The van der Waals surface area contributed by atoms with Crippen LogP contribution in [-0.2, 0) is 0 Å². The second-order valence-electron chi connectivity index (χ2n) is 8.85. The largest absolute Gasteiger partial charge is 0.507 e. The first kappa shape index (κ1) is 19.9. The summed E-state index contributed by atoms with van der Waals surface area (Å²) in [5, 5.41) is 22.5. The molecule has 162 valence electrons. The Balaban J connectivity index is 1.36. The lowest BCUT2D eigenvalue weighted by Crippen LogP contribution is -2.66. The molecule has 1 aromatic carbocycles. The number of aromatic hydroxyl groups is 1. The van der Waals surface area contributed by atoms with Crippen molar-refractivity contribution in [3.8, 4) is 22.7 Å². The van der Waals surface area contributed by atoms with Crippen LogP contribution in [0.15, 0.2) is 43.1 Å². The van der Waals surface area contributed by atoms with Gasteiger partial charge in [0.15, 0.2) is 0 Å². The van der Waals surface area contributed by atoms with Crippen molar-refractivity contribution >= 4 is 5.95 Å². The molecule has 2 aliphatic heterocycles. The van der Waals surface area contributed by atoms with E-state index in [4.69, 9.17) is 0 Å². The molecule has 2 aliphatic rings. The first-order chi connectivity index (χ1) is 14.9. The summed E-state index contributed by atoms with van der Waals surface area (Å²) < 4.78 is 17.0. The number of rotatable bonds is 4. The van der Waals surface area contributed by atoms with E-state index in [9.17, 15) is 5.11 Å². The molecule has 1 unspecified atom stereocenters. The molecule has 3 aromatic rings. The smallest absolute Gasteiger partial charge is 0.245 e. The van der Waals surface area contributed by atoms with E-state index in [1.165, 1.54) is 0 Å². The number of anilines is 1. The van der Waals surface area contributed by atoms with Crippen LogP contribution in [0.4, 0.5) is 10.3 Å². The minimum absolute atomic E-state index is 0.0550. The van der Waals surface area contributed by atoms with Crippen LogP contribution in [0.3, 0.4) is 0 Å². The lowest BCUT2D eigenvalue weighted by atomic mass is 9.74. The highest BCUT2D eigenvalue weighted by molar-refractivity contribution is 5.68. The van der Waals surface area contributed by atoms with Gasteiger partial charge in [-0.3, -0.25) is 0 Å². The fourth-order valence-corrected chi connectivity index (χ4v) is 4.91. The van der Waals surface area contributed by atoms with E-state index in [-0.39, 0.29) is 23.4 Å². The van der Waals surface area contributed by atoms with Gasteiger partial charge in [-0.1, -0.05) is 0 Å². The number of halogens is 1. The van der Waals surface area contributed by atoms with Crippen LogP contribution in [0.25, 0.3) is 16.9 Å². The number of phenolic OH excluding ortho intramolecular Hbond substituents is 1. The third-order valence-electron chi connectivity index (χ3n) is 6.61. The molecule has 2 fully saturated rings. The Kier molecular flexibility index (Phi) is 4.85.